The Morgan fingerprint density at radius 1 is 1.42 bits per heavy atom. The van der Waals surface area contributed by atoms with Gasteiger partial charge in [-0.3, -0.25) is 4.79 Å². The fourth-order valence-corrected chi connectivity index (χ4v) is 3.07. The van der Waals surface area contributed by atoms with E-state index in [1.54, 1.807) is 6.92 Å². The normalized spacial score (nSPS) is 18.1. The number of amides is 1. The lowest BCUT2D eigenvalue weighted by Gasteiger charge is -2.34. The summed E-state index contributed by atoms with van der Waals surface area (Å²) in [5.41, 5.74) is 0.246. The van der Waals surface area contributed by atoms with Crippen molar-refractivity contribution in [2.45, 2.75) is 26.3 Å². The zero-order chi connectivity index (χ0) is 17.7. The summed E-state index contributed by atoms with van der Waals surface area (Å²) in [6.45, 7) is 9.56. The van der Waals surface area contributed by atoms with Crippen LogP contribution in [0, 0.1) is 17.2 Å². The number of nitriles is 1. The lowest BCUT2D eigenvalue weighted by atomic mass is 9.90. The molecule has 1 amide bonds. The molecule has 1 heterocycles. The van der Waals surface area contributed by atoms with Crippen LogP contribution in [0.2, 0.25) is 5.02 Å². The average Bonchev–Trinajstić information content (AvgIpc) is 2.55. The minimum atomic E-state index is -0.810. The number of piperazine rings is 1. The molecule has 1 aliphatic heterocycles. The average molecular weight is 350 g/mol. The monoisotopic (exact) mass is 349 g/mol. The molecule has 0 aromatic heterocycles. The fourth-order valence-electron chi connectivity index (χ4n) is 2.81. The van der Waals surface area contributed by atoms with Gasteiger partial charge in [-0.1, -0.05) is 37.6 Å². The van der Waals surface area contributed by atoms with Gasteiger partial charge in [-0.25, -0.2) is 0 Å². The summed E-state index contributed by atoms with van der Waals surface area (Å²) >= 11 is 6.25. The smallest absolute Gasteiger partial charge is 0.276 e. The first-order chi connectivity index (χ1) is 11.4. The van der Waals surface area contributed by atoms with E-state index in [1.807, 2.05) is 38.1 Å². The lowest BCUT2D eigenvalue weighted by molar-refractivity contribution is -0.892. The molecule has 6 heteroatoms. The maximum Gasteiger partial charge on any atom is 0.276 e. The molecule has 0 spiro atoms. The van der Waals surface area contributed by atoms with Gasteiger partial charge in [0.25, 0.3) is 5.91 Å². The molecule has 1 aromatic rings. The van der Waals surface area contributed by atoms with Crippen molar-refractivity contribution in [1.29, 1.82) is 5.26 Å². The molecular formula is C18H26ClN4O+. The maximum atomic E-state index is 12.3. The second-order valence-electron chi connectivity index (χ2n) is 6.88. The second-order valence-corrected chi connectivity index (χ2v) is 7.29. The van der Waals surface area contributed by atoms with Gasteiger partial charge in [0, 0.05) is 0 Å². The number of carbonyl (C=O) groups excluding carboxylic acids is 1. The molecule has 1 aliphatic rings. The van der Waals surface area contributed by atoms with E-state index in [9.17, 15) is 10.1 Å². The van der Waals surface area contributed by atoms with Crippen LogP contribution in [-0.4, -0.2) is 44.2 Å². The molecule has 24 heavy (non-hydrogen) atoms. The Balaban J connectivity index is 1.86. The van der Waals surface area contributed by atoms with Gasteiger partial charge in [0.2, 0.25) is 0 Å². The molecule has 1 saturated heterocycles. The summed E-state index contributed by atoms with van der Waals surface area (Å²) < 4.78 is 0. The molecule has 0 unspecified atom stereocenters. The Hall–Kier alpha value is -1.77. The van der Waals surface area contributed by atoms with Crippen LogP contribution in [0.4, 0.5) is 5.69 Å². The van der Waals surface area contributed by atoms with Gasteiger partial charge >= 0.3 is 0 Å². The summed E-state index contributed by atoms with van der Waals surface area (Å²) in [6, 6.07) is 10.1. The van der Waals surface area contributed by atoms with Crippen molar-refractivity contribution < 1.29 is 9.69 Å². The molecule has 1 atom stereocenters. The van der Waals surface area contributed by atoms with Crippen molar-refractivity contribution in [2.75, 3.05) is 37.6 Å². The van der Waals surface area contributed by atoms with E-state index in [1.165, 1.54) is 4.90 Å². The van der Waals surface area contributed by atoms with Crippen LogP contribution < -0.4 is 15.1 Å². The first kappa shape index (κ1) is 18.6. The van der Waals surface area contributed by atoms with E-state index in [4.69, 9.17) is 11.6 Å². The molecule has 2 rings (SSSR count). The molecule has 5 nitrogen and oxygen atoms in total. The SMILES string of the molecule is CC(C)[C@](C)(C#N)NC(=O)C[NH+]1CCN(c2ccccc2Cl)CC1. The highest BCUT2D eigenvalue weighted by atomic mass is 35.5. The highest BCUT2D eigenvalue weighted by Gasteiger charge is 2.32. The Morgan fingerprint density at radius 3 is 2.58 bits per heavy atom. The molecule has 1 aromatic carbocycles. The number of nitrogens with zero attached hydrogens (tertiary/aromatic N) is 2. The topological polar surface area (TPSA) is 60.6 Å². The first-order valence-corrected chi connectivity index (χ1v) is 8.79. The highest BCUT2D eigenvalue weighted by Crippen LogP contribution is 2.24. The van der Waals surface area contributed by atoms with Crippen LogP contribution in [-0.2, 0) is 4.79 Å². The van der Waals surface area contributed by atoms with Crippen LogP contribution in [0.1, 0.15) is 20.8 Å². The van der Waals surface area contributed by atoms with E-state index < -0.39 is 5.54 Å². The summed E-state index contributed by atoms with van der Waals surface area (Å²) in [4.78, 5) is 15.8. The van der Waals surface area contributed by atoms with E-state index in [0.29, 0.717) is 6.54 Å². The number of nitrogens with one attached hydrogen (secondary N) is 2. The zero-order valence-electron chi connectivity index (χ0n) is 14.6. The number of quaternary nitrogens is 1. The third kappa shape index (κ3) is 4.40. The minimum Gasteiger partial charge on any atom is -0.359 e. The summed E-state index contributed by atoms with van der Waals surface area (Å²) in [6.07, 6.45) is 0. The Kier molecular flexibility index (Phi) is 6.09. The van der Waals surface area contributed by atoms with Crippen molar-refractivity contribution in [3.8, 4) is 6.07 Å². The summed E-state index contributed by atoms with van der Waals surface area (Å²) in [5, 5.41) is 13.0. The number of halogens is 1. The number of para-hydroxylation sites is 1. The Bertz CT molecular complexity index is 620. The van der Waals surface area contributed by atoms with E-state index in [2.05, 4.69) is 16.3 Å². The van der Waals surface area contributed by atoms with Gasteiger partial charge in [0.15, 0.2) is 6.54 Å². The van der Waals surface area contributed by atoms with Crippen LogP contribution in [0.5, 0.6) is 0 Å². The standard InChI is InChI=1S/C18H25ClN4O/c1-14(2)18(3,13-20)21-17(24)12-22-8-10-23(11-9-22)16-7-5-4-6-15(16)19/h4-7,14H,8-12H2,1-3H3,(H,21,24)/p+1/t18-/m0/s1. The molecule has 130 valence electrons. The summed E-state index contributed by atoms with van der Waals surface area (Å²) in [7, 11) is 0. The summed E-state index contributed by atoms with van der Waals surface area (Å²) in [5.74, 6) is 0.00691. The van der Waals surface area contributed by atoms with Crippen molar-refractivity contribution in [2.24, 2.45) is 5.92 Å². The van der Waals surface area contributed by atoms with Crippen molar-refractivity contribution in [3.05, 3.63) is 29.3 Å². The van der Waals surface area contributed by atoms with Gasteiger partial charge in [-0.15, -0.1) is 0 Å². The van der Waals surface area contributed by atoms with Crippen LogP contribution in [0.15, 0.2) is 24.3 Å². The van der Waals surface area contributed by atoms with Gasteiger partial charge in [-0.05, 0) is 25.0 Å². The molecule has 0 aliphatic carbocycles. The number of anilines is 1. The molecule has 1 fully saturated rings. The van der Waals surface area contributed by atoms with Crippen molar-refractivity contribution >= 4 is 23.2 Å². The maximum absolute atomic E-state index is 12.3. The molecule has 0 radical (unpaired) electrons. The quantitative estimate of drug-likeness (QED) is 0.837. The van der Waals surface area contributed by atoms with Gasteiger partial charge < -0.3 is 15.1 Å². The second kappa shape index (κ2) is 7.87. The van der Waals surface area contributed by atoms with Crippen LogP contribution >= 0.6 is 11.6 Å². The van der Waals surface area contributed by atoms with Gasteiger partial charge in [0.1, 0.15) is 5.54 Å². The number of rotatable bonds is 5. The first-order valence-electron chi connectivity index (χ1n) is 8.41. The van der Waals surface area contributed by atoms with Crippen molar-refractivity contribution in [1.82, 2.24) is 5.32 Å². The molecule has 0 saturated carbocycles. The third-order valence-corrected chi connectivity index (χ3v) is 5.18. The number of hydrogen-bond acceptors (Lipinski definition) is 3. The van der Waals surface area contributed by atoms with Crippen LogP contribution in [0.3, 0.4) is 0 Å². The number of benzene rings is 1. The molecular weight excluding hydrogens is 324 g/mol. The highest BCUT2D eigenvalue weighted by molar-refractivity contribution is 6.33. The number of hydrogen-bond donors (Lipinski definition) is 2. The Labute approximate surface area is 149 Å². The predicted octanol–water partition coefficient (Wildman–Crippen LogP) is 1.10. The number of carbonyl (C=O) groups is 1. The molecule has 2 N–H and O–H groups in total. The zero-order valence-corrected chi connectivity index (χ0v) is 15.4. The largest absolute Gasteiger partial charge is 0.359 e. The van der Waals surface area contributed by atoms with E-state index >= 15 is 0 Å². The Morgan fingerprint density at radius 2 is 2.04 bits per heavy atom. The van der Waals surface area contributed by atoms with Gasteiger partial charge in [-0.2, -0.15) is 5.26 Å². The predicted molar refractivity (Wildman–Crippen MR) is 96.2 cm³/mol. The van der Waals surface area contributed by atoms with Crippen molar-refractivity contribution in [3.63, 3.8) is 0 Å². The fraction of sp³-hybridized carbons (Fsp3) is 0.556. The van der Waals surface area contributed by atoms with Gasteiger partial charge in [0.05, 0.1) is 43.0 Å². The minimum absolute atomic E-state index is 0.0612. The van der Waals surface area contributed by atoms with E-state index in [-0.39, 0.29) is 11.8 Å². The third-order valence-electron chi connectivity index (χ3n) is 4.86. The van der Waals surface area contributed by atoms with Crippen LogP contribution in [0.25, 0.3) is 0 Å². The van der Waals surface area contributed by atoms with E-state index in [0.717, 1.165) is 36.9 Å². The lowest BCUT2D eigenvalue weighted by Crippen LogP contribution is -3.16. The molecule has 0 bridgehead atoms.